The molecule has 0 bridgehead atoms. The summed E-state index contributed by atoms with van der Waals surface area (Å²) in [5, 5.41) is 0. The highest BCUT2D eigenvalue weighted by Crippen LogP contribution is 2.04. The molecule has 0 N–H and O–H groups in total. The fourth-order valence-corrected chi connectivity index (χ4v) is 1.13. The van der Waals surface area contributed by atoms with Crippen molar-refractivity contribution in [3.63, 3.8) is 0 Å². The van der Waals surface area contributed by atoms with E-state index in [-0.39, 0.29) is 12.2 Å². The molecule has 0 saturated heterocycles. The fraction of sp³-hybridized carbons (Fsp3) is 1.00. The van der Waals surface area contributed by atoms with Crippen molar-refractivity contribution in [3.05, 3.63) is 0 Å². The molecule has 0 aromatic heterocycles. The van der Waals surface area contributed by atoms with E-state index < -0.39 is 0 Å². The molecular formula is C13H28O3. The predicted octanol–water partition coefficient (Wildman–Crippen LogP) is 2.88. The van der Waals surface area contributed by atoms with Crippen LogP contribution in [-0.4, -0.2) is 38.6 Å². The average molecular weight is 232 g/mol. The van der Waals surface area contributed by atoms with Crippen LogP contribution in [0.5, 0.6) is 0 Å². The van der Waals surface area contributed by atoms with Crippen molar-refractivity contribution in [1.29, 1.82) is 0 Å². The first-order valence-corrected chi connectivity index (χ1v) is 6.41. The lowest BCUT2D eigenvalue weighted by molar-refractivity contribution is -0.0609. The minimum atomic E-state index is 0.148. The molecule has 0 spiro atoms. The average Bonchev–Trinajstić information content (AvgIpc) is 2.30. The predicted molar refractivity (Wildman–Crippen MR) is 66.8 cm³/mol. The first kappa shape index (κ1) is 15.9. The Bertz CT molecular complexity index is 150. The maximum atomic E-state index is 5.68. The molecule has 0 heterocycles. The quantitative estimate of drug-likeness (QED) is 0.579. The van der Waals surface area contributed by atoms with Gasteiger partial charge in [-0.2, -0.15) is 0 Å². The summed E-state index contributed by atoms with van der Waals surface area (Å²) >= 11 is 0. The topological polar surface area (TPSA) is 27.7 Å². The zero-order valence-corrected chi connectivity index (χ0v) is 11.5. The summed E-state index contributed by atoms with van der Waals surface area (Å²) in [6, 6.07) is 0. The Morgan fingerprint density at radius 3 is 1.94 bits per heavy atom. The maximum absolute atomic E-state index is 5.68. The molecule has 0 saturated carbocycles. The zero-order valence-electron chi connectivity index (χ0n) is 11.5. The van der Waals surface area contributed by atoms with Gasteiger partial charge in [-0.3, -0.25) is 0 Å². The highest BCUT2D eigenvalue weighted by atomic mass is 16.6. The van der Waals surface area contributed by atoms with Gasteiger partial charge in [-0.1, -0.05) is 20.3 Å². The van der Waals surface area contributed by atoms with Crippen molar-refractivity contribution >= 4 is 0 Å². The molecule has 3 nitrogen and oxygen atoms in total. The van der Waals surface area contributed by atoms with E-state index in [1.54, 1.807) is 0 Å². The van der Waals surface area contributed by atoms with Crippen molar-refractivity contribution in [2.75, 3.05) is 26.4 Å². The second-order valence-corrected chi connectivity index (χ2v) is 4.46. The lowest BCUT2D eigenvalue weighted by Crippen LogP contribution is -2.24. The van der Waals surface area contributed by atoms with Crippen molar-refractivity contribution in [1.82, 2.24) is 0 Å². The summed E-state index contributed by atoms with van der Waals surface area (Å²) < 4.78 is 16.6. The standard InChI is InChI=1S/C13H28O3/c1-6-11(3)8-15-13(5)10-16-12(4)9-14-7-2/h11-13H,6-10H2,1-5H3. The van der Waals surface area contributed by atoms with Crippen LogP contribution in [0.2, 0.25) is 0 Å². The van der Waals surface area contributed by atoms with Gasteiger partial charge in [-0.15, -0.1) is 0 Å². The van der Waals surface area contributed by atoms with Crippen LogP contribution in [0.25, 0.3) is 0 Å². The number of ether oxygens (including phenoxy) is 3. The molecule has 3 unspecified atom stereocenters. The van der Waals surface area contributed by atoms with Gasteiger partial charge in [0.05, 0.1) is 25.4 Å². The molecule has 98 valence electrons. The minimum absolute atomic E-state index is 0.148. The highest BCUT2D eigenvalue weighted by molar-refractivity contribution is 4.54. The number of rotatable bonds is 10. The van der Waals surface area contributed by atoms with Crippen LogP contribution in [0.4, 0.5) is 0 Å². The van der Waals surface area contributed by atoms with Crippen molar-refractivity contribution < 1.29 is 14.2 Å². The highest BCUT2D eigenvalue weighted by Gasteiger charge is 2.08. The third-order valence-electron chi connectivity index (χ3n) is 2.53. The molecule has 0 amide bonds. The van der Waals surface area contributed by atoms with E-state index >= 15 is 0 Å². The second-order valence-electron chi connectivity index (χ2n) is 4.46. The summed E-state index contributed by atoms with van der Waals surface area (Å²) in [5.41, 5.74) is 0. The van der Waals surface area contributed by atoms with Crippen molar-refractivity contribution in [2.45, 2.75) is 53.2 Å². The molecule has 0 rings (SSSR count). The Kier molecular flexibility index (Phi) is 9.99. The fourth-order valence-electron chi connectivity index (χ4n) is 1.13. The van der Waals surface area contributed by atoms with E-state index in [9.17, 15) is 0 Å². The molecular weight excluding hydrogens is 204 g/mol. The lowest BCUT2D eigenvalue weighted by atomic mass is 10.1. The molecule has 3 heteroatoms. The lowest BCUT2D eigenvalue weighted by Gasteiger charge is -2.19. The van der Waals surface area contributed by atoms with E-state index in [1.807, 2.05) is 13.8 Å². The van der Waals surface area contributed by atoms with Crippen LogP contribution >= 0.6 is 0 Å². The summed E-state index contributed by atoms with van der Waals surface area (Å²) in [4.78, 5) is 0. The van der Waals surface area contributed by atoms with Crippen LogP contribution < -0.4 is 0 Å². The molecule has 0 aromatic carbocycles. The smallest absolute Gasteiger partial charge is 0.0781 e. The summed E-state index contributed by atoms with van der Waals surface area (Å²) in [6.45, 7) is 13.3. The molecule has 0 fully saturated rings. The third-order valence-corrected chi connectivity index (χ3v) is 2.53. The van der Waals surface area contributed by atoms with Crippen LogP contribution in [0.1, 0.15) is 41.0 Å². The van der Waals surface area contributed by atoms with Gasteiger partial charge in [-0.25, -0.2) is 0 Å². The van der Waals surface area contributed by atoms with Gasteiger partial charge in [0.15, 0.2) is 0 Å². The Labute approximate surface area is 100 Å². The largest absolute Gasteiger partial charge is 0.379 e. The summed E-state index contributed by atoms with van der Waals surface area (Å²) in [7, 11) is 0. The van der Waals surface area contributed by atoms with Gasteiger partial charge < -0.3 is 14.2 Å². The van der Waals surface area contributed by atoms with Gasteiger partial charge >= 0.3 is 0 Å². The summed E-state index contributed by atoms with van der Waals surface area (Å²) in [5.74, 6) is 0.628. The molecule has 0 aromatic rings. The van der Waals surface area contributed by atoms with Gasteiger partial charge in [-0.05, 0) is 26.7 Å². The van der Waals surface area contributed by atoms with Crippen molar-refractivity contribution in [2.24, 2.45) is 5.92 Å². The summed E-state index contributed by atoms with van der Waals surface area (Å²) in [6.07, 6.45) is 1.47. The molecule has 16 heavy (non-hydrogen) atoms. The molecule has 0 aliphatic heterocycles. The van der Waals surface area contributed by atoms with E-state index in [0.717, 1.165) is 19.6 Å². The molecule has 0 aliphatic rings. The maximum Gasteiger partial charge on any atom is 0.0781 e. The Morgan fingerprint density at radius 2 is 1.38 bits per heavy atom. The third kappa shape index (κ3) is 9.13. The first-order chi connectivity index (χ1) is 7.60. The van der Waals surface area contributed by atoms with E-state index in [1.165, 1.54) is 0 Å². The Morgan fingerprint density at radius 1 is 0.812 bits per heavy atom. The van der Waals surface area contributed by atoms with Crippen LogP contribution in [0.3, 0.4) is 0 Å². The zero-order chi connectivity index (χ0) is 12.4. The van der Waals surface area contributed by atoms with Gasteiger partial charge in [0.2, 0.25) is 0 Å². The SMILES string of the molecule is CCOCC(C)OCC(C)OCC(C)CC. The monoisotopic (exact) mass is 232 g/mol. The minimum Gasteiger partial charge on any atom is -0.379 e. The van der Waals surface area contributed by atoms with Crippen LogP contribution in [0.15, 0.2) is 0 Å². The number of hydrogen-bond donors (Lipinski definition) is 0. The van der Waals surface area contributed by atoms with Crippen molar-refractivity contribution in [3.8, 4) is 0 Å². The normalized spacial score (nSPS) is 17.1. The Hall–Kier alpha value is -0.120. The number of hydrogen-bond acceptors (Lipinski definition) is 3. The van der Waals surface area contributed by atoms with E-state index in [4.69, 9.17) is 14.2 Å². The van der Waals surface area contributed by atoms with Gasteiger partial charge in [0, 0.05) is 13.2 Å². The van der Waals surface area contributed by atoms with Crippen LogP contribution in [-0.2, 0) is 14.2 Å². The molecule has 0 aliphatic carbocycles. The molecule has 0 radical (unpaired) electrons. The van der Waals surface area contributed by atoms with E-state index in [0.29, 0.717) is 19.1 Å². The van der Waals surface area contributed by atoms with Gasteiger partial charge in [0.25, 0.3) is 0 Å². The molecule has 3 atom stereocenters. The Balaban J connectivity index is 3.45. The second kappa shape index (κ2) is 10.1. The van der Waals surface area contributed by atoms with Gasteiger partial charge in [0.1, 0.15) is 0 Å². The van der Waals surface area contributed by atoms with Crippen LogP contribution in [0, 0.1) is 5.92 Å². The first-order valence-electron chi connectivity index (χ1n) is 6.41. The van der Waals surface area contributed by atoms with E-state index in [2.05, 4.69) is 20.8 Å².